The van der Waals surface area contributed by atoms with Gasteiger partial charge in [0.2, 0.25) is 5.91 Å². The zero-order valence-electron chi connectivity index (χ0n) is 11.9. The predicted octanol–water partition coefficient (Wildman–Crippen LogP) is 2.92. The number of furan rings is 1. The van der Waals surface area contributed by atoms with E-state index in [-0.39, 0.29) is 12.5 Å². The monoisotopic (exact) mass is 305 g/mol. The number of hydrogen-bond donors (Lipinski definition) is 2. The standard InChI is InChI=1S/C16H19NO3S/c1-12-4-6-13(7-5-12)21-10-8-16(19)17-11-14(18)15-3-2-9-20-15/h2-7,9,14,18H,8,10-11H2,1H3,(H,17,19). The first-order valence-electron chi connectivity index (χ1n) is 6.83. The maximum absolute atomic E-state index is 11.7. The van der Waals surface area contributed by atoms with E-state index in [0.29, 0.717) is 17.9 Å². The second-order valence-corrected chi connectivity index (χ2v) is 5.92. The molecule has 4 nitrogen and oxygen atoms in total. The summed E-state index contributed by atoms with van der Waals surface area (Å²) < 4.78 is 5.07. The van der Waals surface area contributed by atoms with Crippen LogP contribution in [0.3, 0.4) is 0 Å². The molecule has 1 amide bonds. The highest BCUT2D eigenvalue weighted by molar-refractivity contribution is 7.99. The van der Waals surface area contributed by atoms with Gasteiger partial charge in [-0.25, -0.2) is 0 Å². The number of rotatable bonds is 7. The molecule has 1 aromatic heterocycles. The fourth-order valence-electron chi connectivity index (χ4n) is 1.78. The molecule has 0 aliphatic carbocycles. The van der Waals surface area contributed by atoms with Crippen molar-refractivity contribution in [3.63, 3.8) is 0 Å². The van der Waals surface area contributed by atoms with Crippen LogP contribution in [-0.4, -0.2) is 23.3 Å². The zero-order chi connectivity index (χ0) is 15.1. The molecule has 0 fully saturated rings. The van der Waals surface area contributed by atoms with Gasteiger partial charge in [0.05, 0.1) is 12.8 Å². The summed E-state index contributed by atoms with van der Waals surface area (Å²) in [7, 11) is 0. The number of benzene rings is 1. The average Bonchev–Trinajstić information content (AvgIpc) is 3.01. The summed E-state index contributed by atoms with van der Waals surface area (Å²) in [4.78, 5) is 12.9. The molecular formula is C16H19NO3S. The number of amides is 1. The van der Waals surface area contributed by atoms with E-state index in [4.69, 9.17) is 4.42 Å². The Hall–Kier alpha value is -1.72. The number of thioether (sulfide) groups is 1. The van der Waals surface area contributed by atoms with Gasteiger partial charge in [-0.2, -0.15) is 0 Å². The average molecular weight is 305 g/mol. The lowest BCUT2D eigenvalue weighted by Gasteiger charge is -2.09. The molecular weight excluding hydrogens is 286 g/mol. The molecule has 0 radical (unpaired) electrons. The van der Waals surface area contributed by atoms with Crippen molar-refractivity contribution in [3.05, 3.63) is 54.0 Å². The first-order chi connectivity index (χ1) is 10.1. The van der Waals surface area contributed by atoms with Gasteiger partial charge in [-0.3, -0.25) is 4.79 Å². The van der Waals surface area contributed by atoms with Gasteiger partial charge in [-0.15, -0.1) is 11.8 Å². The molecule has 2 N–H and O–H groups in total. The second-order valence-electron chi connectivity index (χ2n) is 4.75. The largest absolute Gasteiger partial charge is 0.467 e. The van der Waals surface area contributed by atoms with Crippen molar-refractivity contribution in [2.75, 3.05) is 12.3 Å². The number of hydrogen-bond acceptors (Lipinski definition) is 4. The number of aryl methyl sites for hydroxylation is 1. The minimum absolute atomic E-state index is 0.0692. The quantitative estimate of drug-likeness (QED) is 0.772. The van der Waals surface area contributed by atoms with Crippen LogP contribution in [0.1, 0.15) is 23.8 Å². The topological polar surface area (TPSA) is 62.5 Å². The van der Waals surface area contributed by atoms with Crippen LogP contribution in [0.5, 0.6) is 0 Å². The van der Waals surface area contributed by atoms with Crippen LogP contribution in [0.2, 0.25) is 0 Å². The summed E-state index contributed by atoms with van der Waals surface area (Å²) in [6.45, 7) is 2.22. The highest BCUT2D eigenvalue weighted by atomic mass is 32.2. The molecule has 1 aromatic carbocycles. The molecule has 1 heterocycles. The Morgan fingerprint density at radius 1 is 1.33 bits per heavy atom. The van der Waals surface area contributed by atoms with Gasteiger partial charge in [-0.05, 0) is 31.2 Å². The molecule has 0 aliphatic rings. The van der Waals surface area contributed by atoms with E-state index in [2.05, 4.69) is 29.6 Å². The fourth-order valence-corrected chi connectivity index (χ4v) is 2.63. The normalized spacial score (nSPS) is 12.1. The summed E-state index contributed by atoms with van der Waals surface area (Å²) in [5.41, 5.74) is 1.23. The van der Waals surface area contributed by atoms with Crippen LogP contribution in [0.25, 0.3) is 0 Å². The Bertz CT molecular complexity index is 551. The lowest BCUT2D eigenvalue weighted by molar-refractivity contribution is -0.121. The maximum atomic E-state index is 11.7. The minimum Gasteiger partial charge on any atom is -0.467 e. The first-order valence-corrected chi connectivity index (χ1v) is 7.81. The summed E-state index contributed by atoms with van der Waals surface area (Å²) >= 11 is 1.65. The third-order valence-electron chi connectivity index (χ3n) is 2.98. The van der Waals surface area contributed by atoms with E-state index in [9.17, 15) is 9.90 Å². The van der Waals surface area contributed by atoms with Gasteiger partial charge in [-0.1, -0.05) is 17.7 Å². The molecule has 1 atom stereocenters. The zero-order valence-corrected chi connectivity index (χ0v) is 12.7. The Balaban J connectivity index is 1.64. The number of nitrogens with one attached hydrogen (secondary N) is 1. The molecule has 0 bridgehead atoms. The molecule has 0 aliphatic heterocycles. The number of carbonyl (C=O) groups is 1. The first kappa shape index (κ1) is 15.7. The van der Waals surface area contributed by atoms with E-state index >= 15 is 0 Å². The number of carbonyl (C=O) groups excluding carboxylic acids is 1. The van der Waals surface area contributed by atoms with Gasteiger partial charge in [0.25, 0.3) is 0 Å². The van der Waals surface area contributed by atoms with Crippen molar-refractivity contribution in [2.45, 2.75) is 24.3 Å². The SMILES string of the molecule is Cc1ccc(SCCC(=O)NCC(O)c2ccco2)cc1. The summed E-state index contributed by atoms with van der Waals surface area (Å²) in [6, 6.07) is 11.6. The van der Waals surface area contributed by atoms with Crippen molar-refractivity contribution < 1.29 is 14.3 Å². The van der Waals surface area contributed by atoms with Crippen molar-refractivity contribution >= 4 is 17.7 Å². The Morgan fingerprint density at radius 3 is 2.76 bits per heavy atom. The predicted molar refractivity (Wildman–Crippen MR) is 83.2 cm³/mol. The van der Waals surface area contributed by atoms with E-state index in [1.54, 1.807) is 23.9 Å². The molecule has 0 saturated heterocycles. The number of aliphatic hydroxyl groups is 1. The lowest BCUT2D eigenvalue weighted by atomic mass is 10.2. The third-order valence-corrected chi connectivity index (χ3v) is 4.00. The summed E-state index contributed by atoms with van der Waals surface area (Å²) in [5, 5.41) is 12.5. The fraction of sp³-hybridized carbons (Fsp3) is 0.312. The van der Waals surface area contributed by atoms with Crippen LogP contribution in [0.4, 0.5) is 0 Å². The van der Waals surface area contributed by atoms with Crippen molar-refractivity contribution in [1.29, 1.82) is 0 Å². The third kappa shape index (κ3) is 5.28. The lowest BCUT2D eigenvalue weighted by Crippen LogP contribution is -2.28. The molecule has 2 aromatic rings. The molecule has 2 rings (SSSR count). The minimum atomic E-state index is -0.797. The van der Waals surface area contributed by atoms with E-state index in [1.165, 1.54) is 11.8 Å². The van der Waals surface area contributed by atoms with E-state index in [1.807, 2.05) is 6.92 Å². The van der Waals surface area contributed by atoms with Gasteiger partial charge in [0, 0.05) is 17.1 Å². The number of aliphatic hydroxyl groups excluding tert-OH is 1. The van der Waals surface area contributed by atoms with Crippen LogP contribution < -0.4 is 5.32 Å². The Morgan fingerprint density at radius 2 is 2.10 bits per heavy atom. The van der Waals surface area contributed by atoms with Gasteiger partial charge in [0.15, 0.2) is 0 Å². The van der Waals surface area contributed by atoms with Crippen LogP contribution >= 0.6 is 11.8 Å². The Kier molecular flexibility index (Phi) is 5.90. The molecule has 21 heavy (non-hydrogen) atoms. The van der Waals surface area contributed by atoms with Crippen LogP contribution in [-0.2, 0) is 4.79 Å². The molecule has 112 valence electrons. The van der Waals surface area contributed by atoms with Crippen LogP contribution in [0.15, 0.2) is 52.0 Å². The second kappa shape index (κ2) is 7.90. The van der Waals surface area contributed by atoms with Gasteiger partial charge < -0.3 is 14.8 Å². The summed E-state index contributed by atoms with van der Waals surface area (Å²) in [6.07, 6.45) is 1.12. The highest BCUT2D eigenvalue weighted by Gasteiger charge is 2.11. The smallest absolute Gasteiger partial charge is 0.220 e. The molecule has 0 saturated carbocycles. The van der Waals surface area contributed by atoms with Crippen molar-refractivity contribution in [2.24, 2.45) is 0 Å². The van der Waals surface area contributed by atoms with Gasteiger partial charge >= 0.3 is 0 Å². The van der Waals surface area contributed by atoms with Gasteiger partial charge in [0.1, 0.15) is 11.9 Å². The van der Waals surface area contributed by atoms with E-state index < -0.39 is 6.10 Å². The Labute approximate surface area is 128 Å². The van der Waals surface area contributed by atoms with Crippen molar-refractivity contribution in [1.82, 2.24) is 5.32 Å². The molecule has 0 spiro atoms. The van der Waals surface area contributed by atoms with E-state index in [0.717, 1.165) is 4.90 Å². The van der Waals surface area contributed by atoms with Crippen molar-refractivity contribution in [3.8, 4) is 0 Å². The van der Waals surface area contributed by atoms with Crippen LogP contribution in [0, 0.1) is 6.92 Å². The molecule has 5 heteroatoms. The maximum Gasteiger partial charge on any atom is 0.220 e. The molecule has 1 unspecified atom stereocenters. The highest BCUT2D eigenvalue weighted by Crippen LogP contribution is 2.19. The summed E-state index contributed by atoms with van der Waals surface area (Å²) in [5.74, 6) is 1.11.